The Hall–Kier alpha value is -2.64. The van der Waals surface area contributed by atoms with Crippen molar-refractivity contribution in [3.8, 4) is 11.5 Å². The minimum Gasteiger partial charge on any atom is -0.490 e. The van der Waals surface area contributed by atoms with Crippen LogP contribution in [0.25, 0.3) is 0 Å². The van der Waals surface area contributed by atoms with E-state index >= 15 is 0 Å². The summed E-state index contributed by atoms with van der Waals surface area (Å²) in [5, 5.41) is 6.54. The van der Waals surface area contributed by atoms with Gasteiger partial charge < -0.3 is 14.8 Å². The predicted molar refractivity (Wildman–Crippen MR) is 75.4 cm³/mol. The number of hydrogen-bond donors (Lipinski definition) is 1. The third-order valence-corrected chi connectivity index (χ3v) is 2.68. The maximum absolute atomic E-state index is 12.3. The van der Waals surface area contributed by atoms with E-state index in [1.807, 2.05) is 0 Å². The van der Waals surface area contributed by atoms with Crippen LogP contribution < -0.4 is 14.8 Å². The van der Waals surface area contributed by atoms with E-state index in [-0.39, 0.29) is 24.0 Å². The number of alkyl halides is 2. The van der Waals surface area contributed by atoms with Gasteiger partial charge in [-0.25, -0.2) is 0 Å². The summed E-state index contributed by atoms with van der Waals surface area (Å²) in [6.45, 7) is -0.956. The maximum atomic E-state index is 12.3. The van der Waals surface area contributed by atoms with Crippen molar-refractivity contribution < 1.29 is 23.0 Å². The van der Waals surface area contributed by atoms with Crippen molar-refractivity contribution in [2.45, 2.75) is 13.5 Å². The first kappa shape index (κ1) is 15.7. The van der Waals surface area contributed by atoms with Crippen molar-refractivity contribution in [1.82, 2.24) is 9.78 Å². The van der Waals surface area contributed by atoms with Crippen molar-refractivity contribution in [3.63, 3.8) is 0 Å². The lowest BCUT2D eigenvalue weighted by Crippen LogP contribution is -2.11. The van der Waals surface area contributed by atoms with Gasteiger partial charge in [-0.3, -0.25) is 9.48 Å². The zero-order valence-corrected chi connectivity index (χ0v) is 12.0. The molecule has 0 aliphatic rings. The molecule has 0 aliphatic carbocycles. The number of carbonyl (C=O) groups excluding carboxylic acids is 1. The highest BCUT2D eigenvalue weighted by molar-refractivity contribution is 6.04. The number of aryl methyl sites for hydroxylation is 1. The summed E-state index contributed by atoms with van der Waals surface area (Å²) >= 11 is 0. The third kappa shape index (κ3) is 3.94. The largest absolute Gasteiger partial charge is 0.490 e. The molecule has 0 aliphatic heterocycles. The van der Waals surface area contributed by atoms with E-state index in [1.165, 1.54) is 29.1 Å². The Labute approximate surface area is 125 Å². The summed E-state index contributed by atoms with van der Waals surface area (Å²) in [5.74, 6) is -0.318. The minimum atomic E-state index is -2.95. The zero-order chi connectivity index (χ0) is 16.1. The van der Waals surface area contributed by atoms with Crippen molar-refractivity contribution >= 4 is 11.6 Å². The van der Waals surface area contributed by atoms with Crippen LogP contribution in [0.5, 0.6) is 11.5 Å². The number of halogens is 2. The van der Waals surface area contributed by atoms with E-state index in [1.54, 1.807) is 20.2 Å². The van der Waals surface area contributed by atoms with Gasteiger partial charge in [-0.2, -0.15) is 13.9 Å². The topological polar surface area (TPSA) is 65.4 Å². The van der Waals surface area contributed by atoms with E-state index in [0.29, 0.717) is 11.3 Å². The van der Waals surface area contributed by atoms with Gasteiger partial charge in [-0.05, 0) is 19.1 Å². The number of aromatic nitrogens is 2. The summed E-state index contributed by atoms with van der Waals surface area (Å²) in [4.78, 5) is 12.0. The standard InChI is InChI=1S/C14H15F2N3O3/c1-3-21-12-6-10(4-5-11(12)22-14(15)16)18-13(20)9-7-17-19(2)8-9/h4-8,14H,3H2,1-2H3,(H,18,20). The van der Waals surface area contributed by atoms with Gasteiger partial charge >= 0.3 is 6.61 Å². The molecule has 0 saturated carbocycles. The van der Waals surface area contributed by atoms with Crippen molar-refractivity contribution in [2.24, 2.45) is 7.05 Å². The number of anilines is 1. The lowest BCUT2D eigenvalue weighted by atomic mass is 10.2. The molecule has 118 valence electrons. The summed E-state index contributed by atoms with van der Waals surface area (Å²) in [5.41, 5.74) is 0.785. The molecule has 1 aromatic carbocycles. The van der Waals surface area contributed by atoms with E-state index in [0.717, 1.165) is 0 Å². The second-order valence-corrected chi connectivity index (χ2v) is 4.33. The fraction of sp³-hybridized carbons (Fsp3) is 0.286. The number of hydrogen-bond acceptors (Lipinski definition) is 4. The van der Waals surface area contributed by atoms with Crippen LogP contribution in [-0.2, 0) is 7.05 Å². The monoisotopic (exact) mass is 311 g/mol. The maximum Gasteiger partial charge on any atom is 0.387 e. The summed E-state index contributed by atoms with van der Waals surface area (Å²) < 4.78 is 35.7. The van der Waals surface area contributed by atoms with E-state index in [9.17, 15) is 13.6 Å². The molecule has 22 heavy (non-hydrogen) atoms. The molecule has 1 heterocycles. The van der Waals surface area contributed by atoms with Gasteiger partial charge in [0.05, 0.1) is 18.4 Å². The first-order valence-electron chi connectivity index (χ1n) is 6.51. The van der Waals surface area contributed by atoms with Crippen LogP contribution in [0.4, 0.5) is 14.5 Å². The number of nitrogens with zero attached hydrogens (tertiary/aromatic N) is 2. The van der Waals surface area contributed by atoms with Crippen LogP contribution in [0.1, 0.15) is 17.3 Å². The Morgan fingerprint density at radius 3 is 2.77 bits per heavy atom. The first-order chi connectivity index (χ1) is 10.5. The highest BCUT2D eigenvalue weighted by Crippen LogP contribution is 2.31. The molecule has 2 aromatic rings. The first-order valence-corrected chi connectivity index (χ1v) is 6.51. The molecule has 1 N–H and O–H groups in total. The molecule has 0 bridgehead atoms. The quantitative estimate of drug-likeness (QED) is 0.891. The van der Waals surface area contributed by atoms with Crippen molar-refractivity contribution in [2.75, 3.05) is 11.9 Å². The predicted octanol–water partition coefficient (Wildman–Crippen LogP) is 2.67. The van der Waals surface area contributed by atoms with Gasteiger partial charge in [0.2, 0.25) is 0 Å². The summed E-state index contributed by atoms with van der Waals surface area (Å²) in [6, 6.07) is 4.19. The van der Waals surface area contributed by atoms with Crippen LogP contribution >= 0.6 is 0 Å². The molecular weight excluding hydrogens is 296 g/mol. The zero-order valence-electron chi connectivity index (χ0n) is 12.0. The second-order valence-electron chi connectivity index (χ2n) is 4.33. The summed E-state index contributed by atoms with van der Waals surface area (Å²) in [7, 11) is 1.69. The summed E-state index contributed by atoms with van der Waals surface area (Å²) in [6.07, 6.45) is 2.99. The fourth-order valence-electron chi connectivity index (χ4n) is 1.79. The molecule has 8 heteroatoms. The Bertz CT molecular complexity index is 659. The van der Waals surface area contributed by atoms with Crippen LogP contribution in [0.15, 0.2) is 30.6 Å². The van der Waals surface area contributed by atoms with Crippen LogP contribution in [0.2, 0.25) is 0 Å². The van der Waals surface area contributed by atoms with Crippen LogP contribution in [0.3, 0.4) is 0 Å². The van der Waals surface area contributed by atoms with E-state index in [4.69, 9.17) is 4.74 Å². The number of amides is 1. The molecule has 0 atom stereocenters. The second kappa shape index (κ2) is 6.88. The number of rotatable bonds is 6. The highest BCUT2D eigenvalue weighted by Gasteiger charge is 2.13. The molecule has 0 fully saturated rings. The number of nitrogens with one attached hydrogen (secondary N) is 1. The average Bonchev–Trinajstić information content (AvgIpc) is 2.88. The Morgan fingerprint density at radius 1 is 1.41 bits per heavy atom. The Balaban J connectivity index is 2.17. The Kier molecular flexibility index (Phi) is 4.92. The molecular formula is C14H15F2N3O3. The Morgan fingerprint density at radius 2 is 2.18 bits per heavy atom. The normalized spacial score (nSPS) is 10.6. The van der Waals surface area contributed by atoms with Gasteiger partial charge in [0.1, 0.15) is 0 Å². The van der Waals surface area contributed by atoms with Crippen LogP contribution in [0, 0.1) is 0 Å². The third-order valence-electron chi connectivity index (χ3n) is 2.68. The average molecular weight is 311 g/mol. The highest BCUT2D eigenvalue weighted by atomic mass is 19.3. The van der Waals surface area contributed by atoms with Crippen molar-refractivity contribution in [1.29, 1.82) is 0 Å². The molecule has 1 amide bonds. The van der Waals surface area contributed by atoms with Gasteiger partial charge in [0, 0.05) is 25.0 Å². The van der Waals surface area contributed by atoms with Crippen LogP contribution in [-0.4, -0.2) is 28.9 Å². The van der Waals surface area contributed by atoms with Gasteiger partial charge in [0.15, 0.2) is 11.5 Å². The number of benzene rings is 1. The van der Waals surface area contributed by atoms with Crippen molar-refractivity contribution in [3.05, 3.63) is 36.2 Å². The lowest BCUT2D eigenvalue weighted by Gasteiger charge is -2.13. The van der Waals surface area contributed by atoms with Gasteiger partial charge in [0.25, 0.3) is 5.91 Å². The number of ether oxygens (including phenoxy) is 2. The van der Waals surface area contributed by atoms with E-state index < -0.39 is 6.61 Å². The molecule has 1 aromatic heterocycles. The minimum absolute atomic E-state index is 0.0868. The molecule has 6 nitrogen and oxygen atoms in total. The molecule has 0 unspecified atom stereocenters. The smallest absolute Gasteiger partial charge is 0.387 e. The SMILES string of the molecule is CCOc1cc(NC(=O)c2cnn(C)c2)ccc1OC(F)F. The molecule has 0 radical (unpaired) electrons. The molecule has 0 spiro atoms. The fourth-order valence-corrected chi connectivity index (χ4v) is 1.79. The van der Waals surface area contributed by atoms with E-state index in [2.05, 4.69) is 15.2 Å². The van der Waals surface area contributed by atoms with Gasteiger partial charge in [-0.15, -0.1) is 0 Å². The molecule has 0 saturated heterocycles. The van der Waals surface area contributed by atoms with Gasteiger partial charge in [-0.1, -0.05) is 0 Å². The molecule has 2 rings (SSSR count). The number of carbonyl (C=O) groups is 1. The lowest BCUT2D eigenvalue weighted by molar-refractivity contribution is -0.0514.